The average molecular weight is 427 g/mol. The number of methoxy groups -OCH3 is 3. The van der Waals surface area contributed by atoms with E-state index in [4.69, 9.17) is 28.4 Å². The Morgan fingerprint density at radius 1 is 0.839 bits per heavy atom. The summed E-state index contributed by atoms with van der Waals surface area (Å²) in [5.41, 5.74) is 3.60. The lowest BCUT2D eigenvalue weighted by Gasteiger charge is -2.45. The maximum atomic E-state index is 5.93. The van der Waals surface area contributed by atoms with Gasteiger partial charge < -0.3 is 33.7 Å². The fourth-order valence-electron chi connectivity index (χ4n) is 5.08. The molecule has 3 heterocycles. The van der Waals surface area contributed by atoms with E-state index in [0.717, 1.165) is 49.7 Å². The molecule has 3 aliphatic heterocycles. The summed E-state index contributed by atoms with van der Waals surface area (Å²) in [4.78, 5) is 0. The van der Waals surface area contributed by atoms with Gasteiger partial charge in [0.15, 0.2) is 23.0 Å². The molecule has 2 aromatic rings. The number of fused-ring (bicyclic) bond motifs is 3. The molecule has 0 saturated carbocycles. The Hall–Kier alpha value is -2.64. The lowest BCUT2D eigenvalue weighted by molar-refractivity contribution is 0.0458. The summed E-state index contributed by atoms with van der Waals surface area (Å²) in [6.45, 7) is 3.54. The summed E-state index contributed by atoms with van der Waals surface area (Å²) in [6.07, 6.45) is 1.96. The molecule has 7 nitrogen and oxygen atoms in total. The van der Waals surface area contributed by atoms with Crippen molar-refractivity contribution in [3.63, 3.8) is 0 Å². The number of nitrogens with one attached hydrogen (secondary N) is 1. The van der Waals surface area contributed by atoms with Crippen molar-refractivity contribution in [2.75, 3.05) is 54.3 Å². The van der Waals surface area contributed by atoms with E-state index in [-0.39, 0.29) is 11.5 Å². The van der Waals surface area contributed by atoms with E-state index in [1.807, 2.05) is 12.1 Å². The second-order valence-corrected chi connectivity index (χ2v) is 8.25. The highest BCUT2D eigenvalue weighted by Gasteiger charge is 2.42. The van der Waals surface area contributed by atoms with E-state index in [0.29, 0.717) is 30.5 Å². The van der Waals surface area contributed by atoms with Crippen molar-refractivity contribution in [1.29, 1.82) is 0 Å². The van der Waals surface area contributed by atoms with E-state index in [2.05, 4.69) is 17.4 Å². The smallest absolute Gasteiger partial charge is 0.203 e. The molecule has 0 aromatic heterocycles. The van der Waals surface area contributed by atoms with Crippen LogP contribution < -0.4 is 29.0 Å². The first kappa shape index (κ1) is 20.3. The fraction of sp³-hybridized carbons (Fsp3) is 0.500. The summed E-state index contributed by atoms with van der Waals surface area (Å²) in [5.74, 6) is 3.51. The highest BCUT2D eigenvalue weighted by atomic mass is 16.6. The van der Waals surface area contributed by atoms with Gasteiger partial charge in [0.05, 0.1) is 27.4 Å². The molecule has 166 valence electrons. The first-order chi connectivity index (χ1) is 15.2. The molecule has 2 aromatic carbocycles. The van der Waals surface area contributed by atoms with Gasteiger partial charge in [-0.25, -0.2) is 0 Å². The standard InChI is InChI=1S/C24H29NO6/c1-26-20-10-15(11-21(27-2)23(20)28-3)22-16-12-18-19(31-9-8-30-18)13-17(16)24(14-25-22)4-6-29-7-5-24/h10-13,22,25H,4-9,14H2,1-3H3/t22-/m1/s1. The molecule has 31 heavy (non-hydrogen) atoms. The third-order valence-electron chi connectivity index (χ3n) is 6.71. The molecule has 0 unspecified atom stereocenters. The van der Waals surface area contributed by atoms with Gasteiger partial charge in [0.25, 0.3) is 0 Å². The van der Waals surface area contributed by atoms with E-state index < -0.39 is 0 Å². The van der Waals surface area contributed by atoms with Crippen LogP contribution in [0, 0.1) is 0 Å². The molecular formula is C24H29NO6. The number of ether oxygens (including phenoxy) is 6. The molecule has 0 aliphatic carbocycles. The number of hydrogen-bond donors (Lipinski definition) is 1. The van der Waals surface area contributed by atoms with Crippen molar-refractivity contribution in [2.45, 2.75) is 24.3 Å². The zero-order chi connectivity index (χ0) is 21.4. The molecule has 0 radical (unpaired) electrons. The summed E-state index contributed by atoms with van der Waals surface area (Å²) >= 11 is 0. The second kappa shape index (κ2) is 8.13. The van der Waals surface area contributed by atoms with Crippen LogP contribution in [0.25, 0.3) is 0 Å². The average Bonchev–Trinajstić information content (AvgIpc) is 2.83. The van der Waals surface area contributed by atoms with Gasteiger partial charge in [-0.1, -0.05) is 0 Å². The summed E-state index contributed by atoms with van der Waals surface area (Å²) in [6, 6.07) is 8.33. The third kappa shape index (κ3) is 3.36. The molecule has 1 spiro atoms. The van der Waals surface area contributed by atoms with Crippen molar-refractivity contribution in [3.05, 3.63) is 41.0 Å². The molecule has 3 aliphatic rings. The van der Waals surface area contributed by atoms with Gasteiger partial charge in [0.2, 0.25) is 5.75 Å². The van der Waals surface area contributed by atoms with Crippen LogP contribution in [-0.4, -0.2) is 54.3 Å². The van der Waals surface area contributed by atoms with Gasteiger partial charge in [-0.15, -0.1) is 0 Å². The van der Waals surface area contributed by atoms with Crippen LogP contribution in [0.4, 0.5) is 0 Å². The lowest BCUT2D eigenvalue weighted by Crippen LogP contribution is -2.48. The molecule has 0 bridgehead atoms. The van der Waals surface area contributed by atoms with Gasteiger partial charge in [-0.3, -0.25) is 0 Å². The predicted octanol–water partition coefficient (Wildman–Crippen LogP) is 3.22. The van der Waals surface area contributed by atoms with Crippen molar-refractivity contribution >= 4 is 0 Å². The number of rotatable bonds is 4. The van der Waals surface area contributed by atoms with Gasteiger partial charge in [0, 0.05) is 25.2 Å². The van der Waals surface area contributed by atoms with Gasteiger partial charge >= 0.3 is 0 Å². The van der Waals surface area contributed by atoms with Crippen molar-refractivity contribution < 1.29 is 28.4 Å². The minimum Gasteiger partial charge on any atom is -0.493 e. The first-order valence-electron chi connectivity index (χ1n) is 10.7. The fourth-order valence-corrected chi connectivity index (χ4v) is 5.08. The van der Waals surface area contributed by atoms with Crippen LogP contribution in [-0.2, 0) is 10.2 Å². The topological polar surface area (TPSA) is 67.4 Å². The van der Waals surface area contributed by atoms with E-state index in [9.17, 15) is 0 Å². The van der Waals surface area contributed by atoms with Crippen molar-refractivity contribution in [3.8, 4) is 28.7 Å². The summed E-state index contributed by atoms with van der Waals surface area (Å²) in [7, 11) is 4.90. The van der Waals surface area contributed by atoms with E-state index in [1.54, 1.807) is 21.3 Å². The Morgan fingerprint density at radius 2 is 1.48 bits per heavy atom. The van der Waals surface area contributed by atoms with Crippen LogP contribution in [0.5, 0.6) is 28.7 Å². The Labute approximate surface area is 182 Å². The molecule has 0 amide bonds. The number of benzene rings is 2. The Morgan fingerprint density at radius 3 is 2.10 bits per heavy atom. The lowest BCUT2D eigenvalue weighted by atomic mass is 9.68. The minimum atomic E-state index is -0.0343. The first-order valence-corrected chi connectivity index (χ1v) is 10.7. The van der Waals surface area contributed by atoms with Gasteiger partial charge in [-0.05, 0) is 53.8 Å². The zero-order valence-electron chi connectivity index (χ0n) is 18.3. The number of hydrogen-bond acceptors (Lipinski definition) is 7. The van der Waals surface area contributed by atoms with Crippen LogP contribution in [0.2, 0.25) is 0 Å². The van der Waals surface area contributed by atoms with Crippen LogP contribution in [0.3, 0.4) is 0 Å². The summed E-state index contributed by atoms with van der Waals surface area (Å²) < 4.78 is 34.3. The SMILES string of the molecule is COc1cc([C@H]2NCC3(CCOCC3)c3cc4c(cc32)OCCO4)cc(OC)c1OC. The third-order valence-corrected chi connectivity index (χ3v) is 6.71. The Balaban J connectivity index is 1.66. The van der Waals surface area contributed by atoms with E-state index >= 15 is 0 Å². The highest BCUT2D eigenvalue weighted by molar-refractivity contribution is 5.59. The Bertz CT molecular complexity index is 944. The molecular weight excluding hydrogens is 398 g/mol. The predicted molar refractivity (Wildman–Crippen MR) is 115 cm³/mol. The highest BCUT2D eigenvalue weighted by Crippen LogP contribution is 2.49. The largest absolute Gasteiger partial charge is 0.493 e. The van der Waals surface area contributed by atoms with Crippen LogP contribution in [0.1, 0.15) is 35.6 Å². The van der Waals surface area contributed by atoms with Crippen molar-refractivity contribution in [1.82, 2.24) is 5.32 Å². The molecule has 1 fully saturated rings. The maximum Gasteiger partial charge on any atom is 0.203 e. The quantitative estimate of drug-likeness (QED) is 0.804. The second-order valence-electron chi connectivity index (χ2n) is 8.25. The molecule has 1 N–H and O–H groups in total. The van der Waals surface area contributed by atoms with Gasteiger partial charge in [0.1, 0.15) is 13.2 Å². The molecule has 1 saturated heterocycles. The molecule has 7 heteroatoms. The minimum absolute atomic E-state index is 0.0283. The van der Waals surface area contributed by atoms with Crippen LogP contribution in [0.15, 0.2) is 24.3 Å². The Kier molecular flexibility index (Phi) is 5.32. The monoisotopic (exact) mass is 427 g/mol. The maximum absolute atomic E-state index is 5.93. The molecule has 1 atom stereocenters. The van der Waals surface area contributed by atoms with E-state index in [1.165, 1.54) is 11.1 Å². The van der Waals surface area contributed by atoms with Gasteiger partial charge in [-0.2, -0.15) is 0 Å². The normalized spacial score (nSPS) is 21.3. The van der Waals surface area contributed by atoms with Crippen molar-refractivity contribution in [2.24, 2.45) is 0 Å². The zero-order valence-corrected chi connectivity index (χ0v) is 18.3. The molecule has 5 rings (SSSR count). The van der Waals surface area contributed by atoms with Crippen LogP contribution >= 0.6 is 0 Å². The summed E-state index contributed by atoms with van der Waals surface area (Å²) in [5, 5.41) is 3.80.